The van der Waals surface area contributed by atoms with Crippen molar-refractivity contribution in [2.45, 2.75) is 13.3 Å². The van der Waals surface area contributed by atoms with Crippen molar-refractivity contribution in [3.63, 3.8) is 0 Å². The highest BCUT2D eigenvalue weighted by atomic mass is 16.4. The number of benzene rings is 2. The maximum atomic E-state index is 12.1. The van der Waals surface area contributed by atoms with E-state index in [2.05, 4.69) is 25.5 Å². The summed E-state index contributed by atoms with van der Waals surface area (Å²) in [6.07, 6.45) is 0.919. The lowest BCUT2D eigenvalue weighted by molar-refractivity contribution is 0.0689. The number of rotatable bonds is 5. The highest BCUT2D eigenvalue weighted by molar-refractivity contribution is 5.90. The topological polar surface area (TPSA) is 127 Å². The number of carbonyl (C=O) groups excluding carboxylic acids is 1. The van der Waals surface area contributed by atoms with Crippen LogP contribution in [0.15, 0.2) is 47.3 Å². The zero-order valence-corrected chi connectivity index (χ0v) is 17.0. The molecule has 0 spiro atoms. The molecule has 9 nitrogen and oxygen atoms in total. The molecule has 1 aliphatic rings. The average Bonchev–Trinajstić information content (AvgIpc) is 3.21. The molecule has 1 aliphatic heterocycles. The largest absolute Gasteiger partial charge is 0.476 e. The van der Waals surface area contributed by atoms with Crippen LogP contribution in [0.3, 0.4) is 0 Å². The first-order chi connectivity index (χ1) is 14.9. The lowest BCUT2D eigenvalue weighted by atomic mass is 10.1. The van der Waals surface area contributed by atoms with Crippen LogP contribution < -0.4 is 21.1 Å². The number of H-pyrrole nitrogens is 1. The van der Waals surface area contributed by atoms with Crippen molar-refractivity contribution < 1.29 is 14.7 Å². The third-order valence-corrected chi connectivity index (χ3v) is 5.42. The van der Waals surface area contributed by atoms with Gasteiger partial charge in [-0.05, 0) is 49.1 Å². The van der Waals surface area contributed by atoms with Crippen LogP contribution in [0.25, 0.3) is 11.0 Å². The zero-order valence-electron chi connectivity index (χ0n) is 17.0. The third kappa shape index (κ3) is 4.50. The predicted molar refractivity (Wildman–Crippen MR) is 118 cm³/mol. The maximum Gasteiger partial charge on any atom is 0.360 e. The molecular weight excluding hydrogens is 398 g/mol. The Balaban J connectivity index is 1.43. The number of fused-ring (bicyclic) bond motifs is 1. The van der Waals surface area contributed by atoms with Gasteiger partial charge in [0.05, 0.1) is 11.0 Å². The fourth-order valence-corrected chi connectivity index (χ4v) is 3.87. The molecule has 1 saturated heterocycles. The van der Waals surface area contributed by atoms with Gasteiger partial charge in [-0.2, -0.15) is 0 Å². The number of para-hydroxylation sites is 1. The lowest BCUT2D eigenvalue weighted by Crippen LogP contribution is -2.34. The van der Waals surface area contributed by atoms with Gasteiger partial charge in [0, 0.05) is 31.0 Å². The quantitative estimate of drug-likeness (QED) is 0.501. The summed E-state index contributed by atoms with van der Waals surface area (Å²) in [4.78, 5) is 44.0. The van der Waals surface area contributed by atoms with E-state index >= 15 is 0 Å². The Kier molecular flexibility index (Phi) is 5.57. The van der Waals surface area contributed by atoms with Gasteiger partial charge in [-0.1, -0.05) is 18.2 Å². The van der Waals surface area contributed by atoms with Gasteiger partial charge in [0.25, 0.3) is 5.56 Å². The van der Waals surface area contributed by atoms with Crippen molar-refractivity contribution in [3.8, 4) is 0 Å². The van der Waals surface area contributed by atoms with E-state index in [0.717, 1.165) is 36.4 Å². The highest BCUT2D eigenvalue weighted by Crippen LogP contribution is 2.29. The Morgan fingerprint density at radius 1 is 1.26 bits per heavy atom. The first-order valence-corrected chi connectivity index (χ1v) is 10.0. The van der Waals surface area contributed by atoms with Crippen molar-refractivity contribution in [2.75, 3.05) is 29.9 Å². The minimum absolute atomic E-state index is 0.235. The summed E-state index contributed by atoms with van der Waals surface area (Å²) in [6, 6.07) is 12.7. The van der Waals surface area contributed by atoms with Crippen LogP contribution in [0.5, 0.6) is 0 Å². The van der Waals surface area contributed by atoms with E-state index in [4.69, 9.17) is 5.11 Å². The van der Waals surface area contributed by atoms with E-state index in [1.807, 2.05) is 49.4 Å². The fraction of sp³-hybridized carbons (Fsp3) is 0.273. The van der Waals surface area contributed by atoms with Gasteiger partial charge in [0.15, 0.2) is 0 Å². The molecule has 2 aromatic carbocycles. The van der Waals surface area contributed by atoms with Crippen LogP contribution in [-0.2, 0) is 0 Å². The number of nitrogens with one attached hydrogen (secondary N) is 3. The second kappa shape index (κ2) is 8.47. The van der Waals surface area contributed by atoms with Crippen LogP contribution in [0.1, 0.15) is 22.5 Å². The summed E-state index contributed by atoms with van der Waals surface area (Å²) >= 11 is 0. The SMILES string of the molecule is Cc1cc2[nH]c(=O)c(C(=O)O)nc2cc1N1CCC(CNC(=O)Nc2ccccc2)C1. The number of carboxylic acids is 1. The molecule has 1 unspecified atom stereocenters. The van der Waals surface area contributed by atoms with Crippen molar-refractivity contribution in [1.82, 2.24) is 15.3 Å². The molecule has 1 fully saturated rings. The van der Waals surface area contributed by atoms with Gasteiger partial charge in [-0.25, -0.2) is 14.6 Å². The van der Waals surface area contributed by atoms with E-state index in [1.165, 1.54) is 0 Å². The number of carboxylic acid groups (broad SMARTS) is 1. The van der Waals surface area contributed by atoms with Gasteiger partial charge >= 0.3 is 12.0 Å². The van der Waals surface area contributed by atoms with E-state index in [0.29, 0.717) is 17.6 Å². The number of aromatic nitrogens is 2. The third-order valence-electron chi connectivity index (χ3n) is 5.42. The van der Waals surface area contributed by atoms with E-state index in [1.54, 1.807) is 0 Å². The number of urea groups is 1. The van der Waals surface area contributed by atoms with Crippen LogP contribution >= 0.6 is 0 Å². The minimum Gasteiger partial charge on any atom is -0.476 e. The highest BCUT2D eigenvalue weighted by Gasteiger charge is 2.25. The van der Waals surface area contributed by atoms with E-state index in [-0.39, 0.29) is 11.9 Å². The van der Waals surface area contributed by atoms with Gasteiger partial charge in [0.1, 0.15) is 0 Å². The molecule has 0 saturated carbocycles. The maximum absolute atomic E-state index is 12.1. The summed E-state index contributed by atoms with van der Waals surface area (Å²) in [5.74, 6) is -1.07. The van der Waals surface area contributed by atoms with Crippen LogP contribution in [0, 0.1) is 12.8 Å². The van der Waals surface area contributed by atoms with Crippen molar-refractivity contribution >= 4 is 34.4 Å². The second-order valence-corrected chi connectivity index (χ2v) is 7.68. The summed E-state index contributed by atoms with van der Waals surface area (Å²) in [6.45, 7) is 4.06. The molecule has 0 aliphatic carbocycles. The van der Waals surface area contributed by atoms with Gasteiger partial charge in [-0.3, -0.25) is 4.79 Å². The number of hydrogen-bond acceptors (Lipinski definition) is 5. The smallest absolute Gasteiger partial charge is 0.360 e. The summed E-state index contributed by atoms with van der Waals surface area (Å²) in [5.41, 5.74) is 2.35. The van der Waals surface area contributed by atoms with Crippen LogP contribution in [-0.4, -0.2) is 46.7 Å². The van der Waals surface area contributed by atoms with Crippen LogP contribution in [0.4, 0.5) is 16.2 Å². The molecule has 31 heavy (non-hydrogen) atoms. The molecule has 2 amide bonds. The number of anilines is 2. The van der Waals surface area contributed by atoms with Gasteiger partial charge < -0.3 is 25.6 Å². The molecule has 4 N–H and O–H groups in total. The minimum atomic E-state index is -1.36. The lowest BCUT2D eigenvalue weighted by Gasteiger charge is -2.21. The number of aryl methyl sites for hydroxylation is 1. The molecule has 1 aromatic heterocycles. The molecule has 0 radical (unpaired) electrons. The molecule has 3 aromatic rings. The number of hydrogen-bond donors (Lipinski definition) is 4. The first kappa shape index (κ1) is 20.4. The Morgan fingerprint density at radius 3 is 2.77 bits per heavy atom. The Morgan fingerprint density at radius 2 is 2.03 bits per heavy atom. The molecular formula is C22H23N5O4. The zero-order chi connectivity index (χ0) is 22.0. The van der Waals surface area contributed by atoms with E-state index in [9.17, 15) is 14.4 Å². The molecule has 4 rings (SSSR count). The van der Waals surface area contributed by atoms with E-state index < -0.39 is 17.2 Å². The van der Waals surface area contributed by atoms with Crippen molar-refractivity contribution in [3.05, 3.63) is 64.1 Å². The van der Waals surface area contributed by atoms with Crippen molar-refractivity contribution in [2.24, 2.45) is 5.92 Å². The van der Waals surface area contributed by atoms with Crippen molar-refractivity contribution in [1.29, 1.82) is 0 Å². The summed E-state index contributed by atoms with van der Waals surface area (Å²) in [7, 11) is 0. The standard InChI is InChI=1S/C22H23N5O4/c1-13-9-16-17(25-19(21(29)30)20(28)26-16)10-18(13)27-8-7-14(12-27)11-23-22(31)24-15-5-3-2-4-6-15/h2-6,9-10,14H,7-8,11-12H2,1H3,(H,26,28)(H,29,30)(H2,23,24,31). The predicted octanol–water partition coefficient (Wildman–Crippen LogP) is 2.58. The number of amides is 2. The normalized spacial score (nSPS) is 15.8. The first-order valence-electron chi connectivity index (χ1n) is 10.0. The number of nitrogens with zero attached hydrogens (tertiary/aromatic N) is 2. The molecule has 2 heterocycles. The molecule has 1 atom stereocenters. The Bertz CT molecular complexity index is 1190. The summed E-state index contributed by atoms with van der Waals surface area (Å²) in [5, 5.41) is 14.9. The Labute approximate surface area is 178 Å². The molecule has 0 bridgehead atoms. The summed E-state index contributed by atoms with van der Waals surface area (Å²) < 4.78 is 0. The van der Waals surface area contributed by atoms with Gasteiger partial charge in [-0.15, -0.1) is 0 Å². The second-order valence-electron chi connectivity index (χ2n) is 7.68. The monoisotopic (exact) mass is 421 g/mol. The van der Waals surface area contributed by atoms with Crippen LogP contribution in [0.2, 0.25) is 0 Å². The number of aromatic amines is 1. The number of aromatic carboxylic acids is 1. The Hall–Kier alpha value is -3.88. The molecule has 9 heteroatoms. The average molecular weight is 421 g/mol. The van der Waals surface area contributed by atoms with Gasteiger partial charge in [0.2, 0.25) is 5.69 Å². The molecule has 160 valence electrons. The number of carbonyl (C=O) groups is 2. The fourth-order valence-electron chi connectivity index (χ4n) is 3.87.